The lowest BCUT2D eigenvalue weighted by atomic mass is 10.1. The Labute approximate surface area is 112 Å². The van der Waals surface area contributed by atoms with Crippen molar-refractivity contribution in [1.29, 1.82) is 0 Å². The third-order valence-electron chi connectivity index (χ3n) is 3.53. The van der Waals surface area contributed by atoms with Gasteiger partial charge in [0.05, 0.1) is 6.04 Å². The summed E-state index contributed by atoms with van der Waals surface area (Å²) in [5.41, 5.74) is 4.50. The van der Waals surface area contributed by atoms with Crippen LogP contribution < -0.4 is 11.3 Å². The SMILES string of the molecule is Cc1ccc(F)c(C(CSC2CCCC2)NN)c1. The van der Waals surface area contributed by atoms with Crippen LogP contribution in [-0.4, -0.2) is 11.0 Å². The number of hydrazine groups is 1. The summed E-state index contributed by atoms with van der Waals surface area (Å²) in [4.78, 5) is 0. The normalized spacial score (nSPS) is 18.2. The summed E-state index contributed by atoms with van der Waals surface area (Å²) in [5, 5.41) is 0.730. The van der Waals surface area contributed by atoms with Gasteiger partial charge in [0.15, 0.2) is 0 Å². The minimum atomic E-state index is -0.171. The minimum absolute atomic E-state index is 0.101. The standard InChI is InChI=1S/C14H21FN2S/c1-10-6-7-13(15)12(8-10)14(17-16)9-18-11-4-2-3-5-11/h6-8,11,14,17H,2-5,9,16H2,1H3. The van der Waals surface area contributed by atoms with Gasteiger partial charge < -0.3 is 0 Å². The number of aryl methyl sites for hydroxylation is 1. The van der Waals surface area contributed by atoms with Crippen molar-refractivity contribution in [3.05, 3.63) is 35.1 Å². The van der Waals surface area contributed by atoms with Gasteiger partial charge >= 0.3 is 0 Å². The van der Waals surface area contributed by atoms with Crippen LogP contribution in [0.2, 0.25) is 0 Å². The molecule has 0 saturated heterocycles. The van der Waals surface area contributed by atoms with Crippen molar-refractivity contribution in [2.75, 3.05) is 5.75 Å². The van der Waals surface area contributed by atoms with Gasteiger partial charge in [0.1, 0.15) is 5.82 Å². The molecular weight excluding hydrogens is 247 g/mol. The first kappa shape index (κ1) is 13.8. The second kappa shape index (κ2) is 6.55. The lowest BCUT2D eigenvalue weighted by molar-refractivity contribution is 0.545. The maximum atomic E-state index is 13.8. The van der Waals surface area contributed by atoms with Gasteiger partial charge in [-0.1, -0.05) is 30.5 Å². The van der Waals surface area contributed by atoms with E-state index in [1.54, 1.807) is 6.07 Å². The topological polar surface area (TPSA) is 38.0 Å². The van der Waals surface area contributed by atoms with E-state index in [1.165, 1.54) is 31.7 Å². The van der Waals surface area contributed by atoms with E-state index in [0.717, 1.165) is 16.6 Å². The molecule has 3 N–H and O–H groups in total. The fraction of sp³-hybridized carbons (Fsp3) is 0.571. The van der Waals surface area contributed by atoms with Crippen LogP contribution in [0, 0.1) is 12.7 Å². The number of nitrogens with two attached hydrogens (primary N) is 1. The van der Waals surface area contributed by atoms with Crippen LogP contribution >= 0.6 is 11.8 Å². The summed E-state index contributed by atoms with van der Waals surface area (Å²) in [7, 11) is 0. The van der Waals surface area contributed by atoms with Gasteiger partial charge in [-0.25, -0.2) is 4.39 Å². The molecule has 100 valence electrons. The van der Waals surface area contributed by atoms with E-state index in [1.807, 2.05) is 24.8 Å². The Morgan fingerprint density at radius 3 is 2.83 bits per heavy atom. The summed E-state index contributed by atoms with van der Waals surface area (Å²) in [6.07, 6.45) is 5.24. The molecule has 18 heavy (non-hydrogen) atoms. The average Bonchev–Trinajstić information content (AvgIpc) is 2.87. The highest BCUT2D eigenvalue weighted by atomic mass is 32.2. The first-order valence-corrected chi connectivity index (χ1v) is 7.59. The first-order chi connectivity index (χ1) is 8.70. The fourth-order valence-corrected chi connectivity index (χ4v) is 3.85. The van der Waals surface area contributed by atoms with E-state index in [9.17, 15) is 4.39 Å². The minimum Gasteiger partial charge on any atom is -0.271 e. The molecule has 1 aliphatic carbocycles. The molecule has 1 aromatic carbocycles. The quantitative estimate of drug-likeness (QED) is 0.635. The largest absolute Gasteiger partial charge is 0.271 e. The Morgan fingerprint density at radius 2 is 2.17 bits per heavy atom. The van der Waals surface area contributed by atoms with Crippen molar-refractivity contribution < 1.29 is 4.39 Å². The summed E-state index contributed by atoms with van der Waals surface area (Å²) in [6, 6.07) is 5.09. The van der Waals surface area contributed by atoms with Crippen LogP contribution in [0.1, 0.15) is 42.9 Å². The van der Waals surface area contributed by atoms with Crippen molar-refractivity contribution in [3.8, 4) is 0 Å². The second-order valence-electron chi connectivity index (χ2n) is 4.98. The Balaban J connectivity index is 2.00. The molecule has 1 saturated carbocycles. The van der Waals surface area contributed by atoms with E-state index in [2.05, 4.69) is 5.43 Å². The molecule has 1 fully saturated rings. The highest BCUT2D eigenvalue weighted by molar-refractivity contribution is 7.99. The molecule has 0 amide bonds. The molecule has 1 unspecified atom stereocenters. The highest BCUT2D eigenvalue weighted by Gasteiger charge is 2.20. The Hall–Kier alpha value is -0.580. The highest BCUT2D eigenvalue weighted by Crippen LogP contribution is 2.32. The molecule has 0 bridgehead atoms. The summed E-state index contributed by atoms with van der Waals surface area (Å²) in [6.45, 7) is 1.97. The van der Waals surface area contributed by atoms with Gasteiger partial charge in [-0.15, -0.1) is 0 Å². The number of nitrogens with one attached hydrogen (secondary N) is 1. The molecular formula is C14H21FN2S. The molecule has 0 aliphatic heterocycles. The maximum Gasteiger partial charge on any atom is 0.128 e. The van der Waals surface area contributed by atoms with Crippen molar-refractivity contribution in [2.45, 2.75) is 43.9 Å². The van der Waals surface area contributed by atoms with Gasteiger partial charge in [0, 0.05) is 16.6 Å². The van der Waals surface area contributed by atoms with Crippen LogP contribution in [0.25, 0.3) is 0 Å². The van der Waals surface area contributed by atoms with E-state index >= 15 is 0 Å². The van der Waals surface area contributed by atoms with Crippen LogP contribution in [0.4, 0.5) is 4.39 Å². The monoisotopic (exact) mass is 268 g/mol. The predicted molar refractivity (Wildman–Crippen MR) is 75.9 cm³/mol. The maximum absolute atomic E-state index is 13.8. The third-order valence-corrected chi connectivity index (χ3v) is 5.00. The average molecular weight is 268 g/mol. The second-order valence-corrected chi connectivity index (χ2v) is 6.32. The van der Waals surface area contributed by atoms with Crippen molar-refractivity contribution in [2.24, 2.45) is 5.84 Å². The molecule has 2 rings (SSSR count). The molecule has 0 spiro atoms. The summed E-state index contributed by atoms with van der Waals surface area (Å²) in [5.74, 6) is 6.24. The third kappa shape index (κ3) is 3.46. The van der Waals surface area contributed by atoms with Crippen LogP contribution in [0.15, 0.2) is 18.2 Å². The Kier molecular flexibility index (Phi) is 5.03. The molecule has 0 aromatic heterocycles. The van der Waals surface area contributed by atoms with Crippen molar-refractivity contribution in [1.82, 2.24) is 5.43 Å². The zero-order chi connectivity index (χ0) is 13.0. The van der Waals surface area contributed by atoms with Crippen molar-refractivity contribution in [3.63, 3.8) is 0 Å². The molecule has 1 aromatic rings. The zero-order valence-corrected chi connectivity index (χ0v) is 11.6. The lowest BCUT2D eigenvalue weighted by Gasteiger charge is -2.19. The predicted octanol–water partition coefficient (Wildman–Crippen LogP) is 3.31. The van der Waals surface area contributed by atoms with Gasteiger partial charge in [-0.2, -0.15) is 11.8 Å². The van der Waals surface area contributed by atoms with Crippen LogP contribution in [0.5, 0.6) is 0 Å². The van der Waals surface area contributed by atoms with E-state index in [0.29, 0.717) is 5.56 Å². The molecule has 0 heterocycles. The number of hydrogen-bond acceptors (Lipinski definition) is 3. The van der Waals surface area contributed by atoms with Crippen LogP contribution in [0.3, 0.4) is 0 Å². The lowest BCUT2D eigenvalue weighted by Crippen LogP contribution is -2.31. The molecule has 1 atom stereocenters. The smallest absolute Gasteiger partial charge is 0.128 e. The first-order valence-electron chi connectivity index (χ1n) is 6.54. The van der Waals surface area contributed by atoms with E-state index in [-0.39, 0.29) is 11.9 Å². The Morgan fingerprint density at radius 1 is 1.44 bits per heavy atom. The zero-order valence-electron chi connectivity index (χ0n) is 10.8. The molecule has 1 aliphatic rings. The molecule has 0 radical (unpaired) electrons. The number of rotatable bonds is 5. The van der Waals surface area contributed by atoms with Gasteiger partial charge in [0.25, 0.3) is 0 Å². The summed E-state index contributed by atoms with van der Waals surface area (Å²) >= 11 is 1.92. The number of halogens is 1. The van der Waals surface area contributed by atoms with E-state index < -0.39 is 0 Å². The van der Waals surface area contributed by atoms with Crippen molar-refractivity contribution >= 4 is 11.8 Å². The summed E-state index contributed by atoms with van der Waals surface area (Å²) < 4.78 is 13.8. The number of benzene rings is 1. The van der Waals surface area contributed by atoms with E-state index in [4.69, 9.17) is 5.84 Å². The number of hydrogen-bond donors (Lipinski definition) is 2. The molecule has 4 heteroatoms. The van der Waals surface area contributed by atoms with Gasteiger partial charge in [0.2, 0.25) is 0 Å². The number of thioether (sulfide) groups is 1. The van der Waals surface area contributed by atoms with Gasteiger partial charge in [-0.05, 0) is 25.8 Å². The Bertz CT molecular complexity index is 391. The fourth-order valence-electron chi connectivity index (χ4n) is 2.45. The molecule has 2 nitrogen and oxygen atoms in total. The van der Waals surface area contributed by atoms with Crippen LogP contribution in [-0.2, 0) is 0 Å². The van der Waals surface area contributed by atoms with Gasteiger partial charge in [-0.3, -0.25) is 11.3 Å².